The number of hydrogen-bond acceptors (Lipinski definition) is 5. The van der Waals surface area contributed by atoms with Gasteiger partial charge in [0.1, 0.15) is 0 Å². The van der Waals surface area contributed by atoms with E-state index in [4.69, 9.17) is 25.6 Å². The van der Waals surface area contributed by atoms with Gasteiger partial charge in [0.2, 0.25) is 5.91 Å². The molecule has 1 aliphatic rings. The normalized spacial score (nSPS) is 14.3. The molecule has 3 aromatic rings. The predicted octanol–water partition coefficient (Wildman–Crippen LogP) is 4.99. The molecule has 6 nitrogen and oxygen atoms in total. The largest absolute Gasteiger partial charge is 0.493 e. The fourth-order valence-corrected chi connectivity index (χ4v) is 3.49. The molecule has 29 heavy (non-hydrogen) atoms. The number of methoxy groups -OCH3 is 2. The van der Waals surface area contributed by atoms with Gasteiger partial charge in [0, 0.05) is 22.3 Å². The summed E-state index contributed by atoms with van der Waals surface area (Å²) in [4.78, 5) is 13.0. The third-order valence-electron chi connectivity index (χ3n) is 5.30. The summed E-state index contributed by atoms with van der Waals surface area (Å²) in [6, 6.07) is 12.7. The average molecular weight is 413 g/mol. The van der Waals surface area contributed by atoms with Crippen molar-refractivity contribution in [3.8, 4) is 22.8 Å². The first kappa shape index (κ1) is 19.3. The SMILES string of the molecule is COc1ccc(-c2cc(C3(C(=O)Nc4cc(Cl)ccc4C)CC3)no2)cc1OC. The number of carbonyl (C=O) groups excluding carboxylic acids is 1. The molecule has 0 aliphatic heterocycles. The number of benzene rings is 2. The van der Waals surface area contributed by atoms with Gasteiger partial charge in [0.25, 0.3) is 0 Å². The number of nitrogens with zero attached hydrogens (tertiary/aromatic N) is 1. The first-order valence-corrected chi connectivity index (χ1v) is 9.62. The summed E-state index contributed by atoms with van der Waals surface area (Å²) in [6.07, 6.45) is 1.44. The van der Waals surface area contributed by atoms with Crippen molar-refractivity contribution in [1.29, 1.82) is 0 Å². The number of halogens is 1. The Balaban J connectivity index is 1.59. The van der Waals surface area contributed by atoms with Crippen molar-refractivity contribution in [3.63, 3.8) is 0 Å². The van der Waals surface area contributed by atoms with Crippen LogP contribution in [-0.2, 0) is 10.2 Å². The van der Waals surface area contributed by atoms with Crippen LogP contribution in [-0.4, -0.2) is 25.3 Å². The highest BCUT2D eigenvalue weighted by molar-refractivity contribution is 6.31. The second kappa shape index (κ2) is 7.44. The molecular formula is C22H21ClN2O4. The lowest BCUT2D eigenvalue weighted by atomic mass is 9.99. The Labute approximate surface area is 173 Å². The Kier molecular flexibility index (Phi) is 4.96. The summed E-state index contributed by atoms with van der Waals surface area (Å²) in [7, 11) is 3.16. The van der Waals surface area contributed by atoms with Crippen molar-refractivity contribution in [3.05, 3.63) is 58.7 Å². The second-order valence-corrected chi connectivity index (χ2v) is 7.58. The van der Waals surface area contributed by atoms with Crippen molar-refractivity contribution >= 4 is 23.2 Å². The van der Waals surface area contributed by atoms with E-state index in [0.717, 1.165) is 24.0 Å². The zero-order chi connectivity index (χ0) is 20.6. The molecule has 0 unspecified atom stereocenters. The fraction of sp³-hybridized carbons (Fsp3) is 0.273. The van der Waals surface area contributed by atoms with Crippen LogP contribution >= 0.6 is 11.6 Å². The van der Waals surface area contributed by atoms with E-state index in [1.807, 2.05) is 31.2 Å². The topological polar surface area (TPSA) is 73.6 Å². The van der Waals surface area contributed by atoms with Crippen molar-refractivity contribution in [1.82, 2.24) is 5.16 Å². The van der Waals surface area contributed by atoms with Crippen LogP contribution < -0.4 is 14.8 Å². The molecule has 0 radical (unpaired) electrons. The molecule has 0 saturated heterocycles. The van der Waals surface area contributed by atoms with Crippen LogP contribution in [0.3, 0.4) is 0 Å². The standard InChI is InChI=1S/C22H21ClN2O4/c1-13-4-6-15(23)11-16(13)24-21(26)22(8-9-22)20-12-18(29-25-20)14-5-7-17(27-2)19(10-14)28-3/h4-7,10-12H,8-9H2,1-3H3,(H,24,26). The van der Waals surface area contributed by atoms with Crippen LogP contribution in [0.15, 0.2) is 47.0 Å². The van der Waals surface area contributed by atoms with Gasteiger partial charge in [-0.15, -0.1) is 0 Å². The Morgan fingerprint density at radius 1 is 1.10 bits per heavy atom. The summed E-state index contributed by atoms with van der Waals surface area (Å²) in [6.45, 7) is 1.93. The van der Waals surface area contributed by atoms with Crippen LogP contribution in [0, 0.1) is 6.92 Å². The predicted molar refractivity (Wildman–Crippen MR) is 111 cm³/mol. The molecule has 2 aromatic carbocycles. The first-order valence-electron chi connectivity index (χ1n) is 9.24. The van der Waals surface area contributed by atoms with Crippen LogP contribution in [0.25, 0.3) is 11.3 Å². The molecule has 1 N–H and O–H groups in total. The van der Waals surface area contributed by atoms with E-state index < -0.39 is 5.41 Å². The van der Waals surface area contributed by atoms with E-state index in [1.54, 1.807) is 32.4 Å². The van der Waals surface area contributed by atoms with Gasteiger partial charge in [-0.1, -0.05) is 22.8 Å². The smallest absolute Gasteiger partial charge is 0.236 e. The van der Waals surface area contributed by atoms with Gasteiger partial charge in [-0.25, -0.2) is 0 Å². The Morgan fingerprint density at radius 2 is 1.86 bits per heavy atom. The highest BCUT2D eigenvalue weighted by Crippen LogP contribution is 2.49. The lowest BCUT2D eigenvalue weighted by molar-refractivity contribution is -0.118. The lowest BCUT2D eigenvalue weighted by Crippen LogP contribution is -2.28. The molecule has 4 rings (SSSR count). The van der Waals surface area contributed by atoms with Crippen LogP contribution in [0.4, 0.5) is 5.69 Å². The van der Waals surface area contributed by atoms with Gasteiger partial charge in [0.15, 0.2) is 17.3 Å². The Morgan fingerprint density at radius 3 is 2.55 bits per heavy atom. The van der Waals surface area contributed by atoms with Crippen LogP contribution in [0.5, 0.6) is 11.5 Å². The minimum Gasteiger partial charge on any atom is -0.493 e. The Hall–Kier alpha value is -2.99. The van der Waals surface area contributed by atoms with E-state index in [1.165, 1.54) is 0 Å². The highest BCUT2D eigenvalue weighted by Gasteiger charge is 2.54. The monoisotopic (exact) mass is 412 g/mol. The molecule has 0 spiro atoms. The first-order chi connectivity index (χ1) is 14.0. The van der Waals surface area contributed by atoms with Gasteiger partial charge in [0.05, 0.1) is 25.3 Å². The molecular weight excluding hydrogens is 392 g/mol. The molecule has 150 valence electrons. The summed E-state index contributed by atoms with van der Waals surface area (Å²) in [5.74, 6) is 1.69. The van der Waals surface area contributed by atoms with E-state index >= 15 is 0 Å². The number of rotatable bonds is 6. The molecule has 1 saturated carbocycles. The lowest BCUT2D eigenvalue weighted by Gasteiger charge is -2.14. The number of aromatic nitrogens is 1. The maximum Gasteiger partial charge on any atom is 0.236 e. The van der Waals surface area contributed by atoms with E-state index in [-0.39, 0.29) is 5.91 Å². The number of nitrogens with one attached hydrogen (secondary N) is 1. The average Bonchev–Trinajstić information content (AvgIpc) is 3.40. The molecule has 0 bridgehead atoms. The summed E-state index contributed by atoms with van der Waals surface area (Å²) < 4.78 is 16.2. The molecule has 0 atom stereocenters. The maximum atomic E-state index is 13.0. The third-order valence-corrected chi connectivity index (χ3v) is 5.54. The van der Waals surface area contributed by atoms with Crippen LogP contribution in [0.2, 0.25) is 5.02 Å². The van der Waals surface area contributed by atoms with Gasteiger partial charge in [-0.2, -0.15) is 0 Å². The number of carbonyl (C=O) groups is 1. The maximum absolute atomic E-state index is 13.0. The van der Waals surface area contributed by atoms with Gasteiger partial charge < -0.3 is 19.3 Å². The summed E-state index contributed by atoms with van der Waals surface area (Å²) >= 11 is 6.07. The summed E-state index contributed by atoms with van der Waals surface area (Å²) in [5, 5.41) is 7.76. The summed E-state index contributed by atoms with van der Waals surface area (Å²) in [5.41, 5.74) is 2.40. The number of amides is 1. The zero-order valence-corrected chi connectivity index (χ0v) is 17.2. The number of hydrogen-bond donors (Lipinski definition) is 1. The molecule has 1 amide bonds. The molecule has 7 heteroatoms. The van der Waals surface area contributed by atoms with E-state index in [0.29, 0.717) is 33.7 Å². The van der Waals surface area contributed by atoms with Crippen molar-refractivity contribution in [2.45, 2.75) is 25.2 Å². The molecule has 1 aliphatic carbocycles. The van der Waals surface area contributed by atoms with Crippen molar-refractivity contribution in [2.75, 3.05) is 19.5 Å². The minimum atomic E-state index is -0.674. The van der Waals surface area contributed by atoms with E-state index in [9.17, 15) is 4.79 Å². The van der Waals surface area contributed by atoms with Gasteiger partial charge in [-0.05, 0) is 55.7 Å². The number of anilines is 1. The molecule has 1 fully saturated rings. The number of aryl methyl sites for hydroxylation is 1. The van der Waals surface area contributed by atoms with Gasteiger partial charge >= 0.3 is 0 Å². The number of ether oxygens (including phenoxy) is 2. The quantitative estimate of drug-likeness (QED) is 0.617. The Bertz CT molecular complexity index is 1070. The van der Waals surface area contributed by atoms with Crippen molar-refractivity contribution in [2.24, 2.45) is 0 Å². The highest BCUT2D eigenvalue weighted by atomic mass is 35.5. The fourth-order valence-electron chi connectivity index (χ4n) is 3.32. The molecule has 1 aromatic heterocycles. The van der Waals surface area contributed by atoms with Gasteiger partial charge in [-0.3, -0.25) is 4.79 Å². The van der Waals surface area contributed by atoms with E-state index in [2.05, 4.69) is 10.5 Å². The minimum absolute atomic E-state index is 0.102. The second-order valence-electron chi connectivity index (χ2n) is 7.14. The third kappa shape index (κ3) is 3.56. The van der Waals surface area contributed by atoms with Crippen molar-refractivity contribution < 1.29 is 18.8 Å². The molecule has 1 heterocycles. The zero-order valence-electron chi connectivity index (χ0n) is 16.4. The van der Waals surface area contributed by atoms with Crippen LogP contribution in [0.1, 0.15) is 24.1 Å².